The Morgan fingerprint density at radius 2 is 1.92 bits per heavy atom. The number of hydrogen-bond acceptors (Lipinski definition) is 3. The van der Waals surface area contributed by atoms with Gasteiger partial charge in [0.1, 0.15) is 0 Å². The molecule has 0 spiro atoms. The number of alkyl halides is 3. The van der Waals surface area contributed by atoms with Crippen molar-refractivity contribution in [3.8, 4) is 0 Å². The zero-order valence-corrected chi connectivity index (χ0v) is 14.7. The molecule has 1 N–H and O–H groups in total. The Balaban J connectivity index is 2.70. The van der Waals surface area contributed by atoms with Gasteiger partial charge in [0, 0.05) is 12.6 Å². The first-order chi connectivity index (χ1) is 11.5. The van der Waals surface area contributed by atoms with Gasteiger partial charge in [-0.05, 0) is 36.6 Å². The molecule has 0 aliphatic carbocycles. The molecule has 1 aromatic rings. The van der Waals surface area contributed by atoms with Crippen molar-refractivity contribution in [1.82, 2.24) is 5.32 Å². The van der Waals surface area contributed by atoms with E-state index in [2.05, 4.69) is 5.32 Å². The molecular weight excluding hydrogens is 359 g/mol. The van der Waals surface area contributed by atoms with Gasteiger partial charge in [-0.3, -0.25) is 4.79 Å². The van der Waals surface area contributed by atoms with E-state index in [9.17, 15) is 22.8 Å². The van der Waals surface area contributed by atoms with Crippen molar-refractivity contribution >= 4 is 29.6 Å². The van der Waals surface area contributed by atoms with Gasteiger partial charge < -0.3 is 10.1 Å². The average Bonchev–Trinajstić information content (AvgIpc) is 2.50. The Bertz CT molecular complexity index is 657. The second-order valence-electron chi connectivity index (χ2n) is 5.79. The Morgan fingerprint density at radius 1 is 1.28 bits per heavy atom. The van der Waals surface area contributed by atoms with Crippen LogP contribution in [0.4, 0.5) is 13.2 Å². The summed E-state index contributed by atoms with van der Waals surface area (Å²) >= 11 is 5.52. The molecular formula is C17H19ClF3NO3. The normalized spacial score (nSPS) is 13.1. The van der Waals surface area contributed by atoms with Crippen molar-refractivity contribution in [2.24, 2.45) is 5.92 Å². The molecule has 0 aromatic heterocycles. The summed E-state index contributed by atoms with van der Waals surface area (Å²) in [5.41, 5.74) is -0.864. The molecule has 0 heterocycles. The van der Waals surface area contributed by atoms with Gasteiger partial charge in [-0.25, -0.2) is 4.79 Å². The molecule has 1 amide bonds. The van der Waals surface area contributed by atoms with E-state index in [0.29, 0.717) is 6.54 Å². The first-order valence-electron chi connectivity index (χ1n) is 7.54. The third-order valence-corrected chi connectivity index (χ3v) is 3.38. The largest absolute Gasteiger partial charge is 0.449 e. The minimum Gasteiger partial charge on any atom is -0.449 e. The predicted molar refractivity (Wildman–Crippen MR) is 88.9 cm³/mol. The van der Waals surface area contributed by atoms with Crippen LogP contribution in [0.15, 0.2) is 24.3 Å². The molecule has 1 aromatic carbocycles. The lowest BCUT2D eigenvalue weighted by atomic mass is 10.1. The van der Waals surface area contributed by atoms with Crippen molar-refractivity contribution in [3.63, 3.8) is 0 Å². The lowest BCUT2D eigenvalue weighted by Crippen LogP contribution is -2.37. The van der Waals surface area contributed by atoms with E-state index in [1.165, 1.54) is 13.0 Å². The molecule has 0 unspecified atom stereocenters. The van der Waals surface area contributed by atoms with Crippen LogP contribution in [0, 0.1) is 5.92 Å². The second kappa shape index (κ2) is 8.89. The maximum absolute atomic E-state index is 12.8. The van der Waals surface area contributed by atoms with Crippen LogP contribution >= 0.6 is 11.6 Å². The van der Waals surface area contributed by atoms with Crippen LogP contribution in [0.3, 0.4) is 0 Å². The number of carbonyl (C=O) groups is 2. The molecule has 0 radical (unpaired) electrons. The van der Waals surface area contributed by atoms with Crippen LogP contribution in [0.25, 0.3) is 6.08 Å². The Labute approximate surface area is 149 Å². The average molecular weight is 378 g/mol. The molecule has 1 atom stereocenters. The highest BCUT2D eigenvalue weighted by atomic mass is 35.5. The summed E-state index contributed by atoms with van der Waals surface area (Å²) in [5, 5.41) is 2.18. The maximum Gasteiger partial charge on any atom is 0.417 e. The van der Waals surface area contributed by atoms with E-state index in [1.54, 1.807) is 0 Å². The number of amides is 1. The van der Waals surface area contributed by atoms with E-state index in [-0.39, 0.29) is 11.5 Å². The van der Waals surface area contributed by atoms with Crippen molar-refractivity contribution in [3.05, 3.63) is 40.4 Å². The van der Waals surface area contributed by atoms with Crippen molar-refractivity contribution in [2.45, 2.75) is 33.1 Å². The number of ether oxygens (including phenoxy) is 1. The van der Waals surface area contributed by atoms with Crippen molar-refractivity contribution < 1.29 is 27.5 Å². The van der Waals surface area contributed by atoms with Crippen LogP contribution in [0.2, 0.25) is 5.02 Å². The van der Waals surface area contributed by atoms with Gasteiger partial charge in [0.15, 0.2) is 6.10 Å². The SMILES string of the molecule is CC(C)CNC(=O)[C@@H](C)OC(=O)/C=C/c1ccc(Cl)c(C(F)(F)F)c1. The maximum atomic E-state index is 12.8. The number of rotatable bonds is 6. The topological polar surface area (TPSA) is 55.4 Å². The molecule has 138 valence electrons. The molecule has 0 saturated heterocycles. The molecule has 8 heteroatoms. The first-order valence-corrected chi connectivity index (χ1v) is 7.91. The van der Waals surface area contributed by atoms with Gasteiger partial charge in [0.25, 0.3) is 5.91 Å². The summed E-state index contributed by atoms with van der Waals surface area (Å²) in [6.07, 6.45) is -3.49. The summed E-state index contributed by atoms with van der Waals surface area (Å²) < 4.78 is 43.2. The summed E-state index contributed by atoms with van der Waals surface area (Å²) in [6, 6.07) is 3.25. The number of carbonyl (C=O) groups excluding carboxylic acids is 2. The Hall–Kier alpha value is -2.02. The van der Waals surface area contributed by atoms with E-state index < -0.39 is 34.7 Å². The van der Waals surface area contributed by atoms with Crippen LogP contribution in [0.5, 0.6) is 0 Å². The molecule has 0 fully saturated rings. The quantitative estimate of drug-likeness (QED) is 0.600. The van der Waals surface area contributed by atoms with E-state index in [4.69, 9.17) is 16.3 Å². The molecule has 0 aliphatic rings. The van der Waals surface area contributed by atoms with Crippen LogP contribution in [-0.2, 0) is 20.5 Å². The van der Waals surface area contributed by atoms with Gasteiger partial charge in [-0.1, -0.05) is 31.5 Å². The van der Waals surface area contributed by atoms with Gasteiger partial charge in [0.05, 0.1) is 10.6 Å². The molecule has 1 rings (SSSR count). The lowest BCUT2D eigenvalue weighted by Gasteiger charge is -2.13. The van der Waals surface area contributed by atoms with Gasteiger partial charge in [-0.15, -0.1) is 0 Å². The third kappa shape index (κ3) is 7.17. The smallest absolute Gasteiger partial charge is 0.417 e. The minimum atomic E-state index is -4.59. The number of nitrogens with one attached hydrogen (secondary N) is 1. The standard InChI is InChI=1S/C17H19ClF3NO3/c1-10(2)9-22-16(24)11(3)25-15(23)7-5-12-4-6-14(18)13(8-12)17(19,20)21/h4-8,10-11H,9H2,1-3H3,(H,22,24)/b7-5+/t11-/m1/s1. The number of halogens is 4. The fourth-order valence-electron chi connectivity index (χ4n) is 1.74. The van der Waals surface area contributed by atoms with Gasteiger partial charge >= 0.3 is 12.1 Å². The number of hydrogen-bond donors (Lipinski definition) is 1. The van der Waals surface area contributed by atoms with Crippen LogP contribution < -0.4 is 5.32 Å². The van der Waals surface area contributed by atoms with Crippen LogP contribution in [0.1, 0.15) is 31.9 Å². The first kappa shape index (κ1) is 21.0. The zero-order valence-electron chi connectivity index (χ0n) is 14.0. The second-order valence-corrected chi connectivity index (χ2v) is 6.20. The fraction of sp³-hybridized carbons (Fsp3) is 0.412. The predicted octanol–water partition coefficient (Wildman–Crippen LogP) is 4.08. The molecule has 25 heavy (non-hydrogen) atoms. The summed E-state index contributed by atoms with van der Waals surface area (Å²) in [6.45, 7) is 5.69. The molecule has 4 nitrogen and oxygen atoms in total. The number of esters is 1. The zero-order chi connectivity index (χ0) is 19.2. The van der Waals surface area contributed by atoms with E-state index in [1.807, 2.05) is 13.8 Å². The monoisotopic (exact) mass is 377 g/mol. The molecule has 0 bridgehead atoms. The van der Waals surface area contributed by atoms with Gasteiger partial charge in [-0.2, -0.15) is 13.2 Å². The van der Waals surface area contributed by atoms with Crippen molar-refractivity contribution in [2.75, 3.05) is 6.54 Å². The fourth-order valence-corrected chi connectivity index (χ4v) is 1.97. The minimum absolute atomic E-state index is 0.130. The highest BCUT2D eigenvalue weighted by Crippen LogP contribution is 2.35. The highest BCUT2D eigenvalue weighted by Gasteiger charge is 2.33. The van der Waals surface area contributed by atoms with E-state index >= 15 is 0 Å². The molecule has 0 aliphatic heterocycles. The van der Waals surface area contributed by atoms with Crippen LogP contribution in [-0.4, -0.2) is 24.5 Å². The summed E-state index contributed by atoms with van der Waals surface area (Å²) in [7, 11) is 0. The third-order valence-electron chi connectivity index (χ3n) is 3.05. The Morgan fingerprint density at radius 3 is 2.48 bits per heavy atom. The highest BCUT2D eigenvalue weighted by molar-refractivity contribution is 6.31. The Kier molecular flexibility index (Phi) is 7.48. The van der Waals surface area contributed by atoms with Crippen molar-refractivity contribution in [1.29, 1.82) is 0 Å². The van der Waals surface area contributed by atoms with Gasteiger partial charge in [0.2, 0.25) is 0 Å². The lowest BCUT2D eigenvalue weighted by molar-refractivity contribution is -0.150. The summed E-state index contributed by atoms with van der Waals surface area (Å²) in [5.74, 6) is -1.03. The number of benzene rings is 1. The van der Waals surface area contributed by atoms with E-state index in [0.717, 1.165) is 24.3 Å². The molecule has 0 saturated carbocycles. The summed E-state index contributed by atoms with van der Waals surface area (Å²) in [4.78, 5) is 23.4.